The summed E-state index contributed by atoms with van der Waals surface area (Å²) in [5.41, 5.74) is 12.4. The van der Waals surface area contributed by atoms with Crippen LogP contribution in [-0.2, 0) is 10.8 Å². The summed E-state index contributed by atoms with van der Waals surface area (Å²) in [6.45, 7) is 13.4. The van der Waals surface area contributed by atoms with Crippen molar-refractivity contribution in [2.75, 3.05) is 9.80 Å². The summed E-state index contributed by atoms with van der Waals surface area (Å²) >= 11 is 0. The van der Waals surface area contributed by atoms with Gasteiger partial charge in [-0.15, -0.1) is 0 Å². The number of fused-ring (bicyclic) bond motifs is 4. The molecule has 2 aliphatic rings. The van der Waals surface area contributed by atoms with Crippen LogP contribution in [0.2, 0.25) is 0 Å². The van der Waals surface area contributed by atoms with Crippen molar-refractivity contribution in [3.63, 3.8) is 0 Å². The van der Waals surface area contributed by atoms with Gasteiger partial charge in [0, 0.05) is 34.0 Å². The molecular formula is C62H55BN2Si. The number of para-hydroxylation sites is 1. The number of hydrogen-bond acceptors (Lipinski definition) is 2. The molecule has 2 heterocycles. The Morgan fingerprint density at radius 3 is 1.48 bits per heavy atom. The molecule has 0 unspecified atom stereocenters. The summed E-state index contributed by atoms with van der Waals surface area (Å²) in [7, 11) is -3.04. The summed E-state index contributed by atoms with van der Waals surface area (Å²) in [6, 6.07) is 69.1. The summed E-state index contributed by atoms with van der Waals surface area (Å²) in [4.78, 5) is 4.72. The maximum atomic E-state index is 9.25. The van der Waals surface area contributed by atoms with E-state index in [2.05, 4.69) is 221 Å². The third kappa shape index (κ3) is 6.77. The molecule has 9 aromatic carbocycles. The van der Waals surface area contributed by atoms with Crippen molar-refractivity contribution in [3.05, 3.63) is 235 Å². The molecule has 66 heavy (non-hydrogen) atoms. The lowest BCUT2D eigenvalue weighted by molar-refractivity contribution is 0.590. The maximum absolute atomic E-state index is 9.25. The summed E-state index contributed by atoms with van der Waals surface area (Å²) in [5.74, 6) is 0. The number of rotatable bonds is 7. The van der Waals surface area contributed by atoms with Crippen molar-refractivity contribution in [1.82, 2.24) is 0 Å². The summed E-state index contributed by atoms with van der Waals surface area (Å²) in [5, 5.41) is 5.08. The van der Waals surface area contributed by atoms with Crippen molar-refractivity contribution < 1.29 is 6.85 Å². The normalized spacial score (nSPS) is 14.3. The summed E-state index contributed by atoms with van der Waals surface area (Å²) < 4.78 is 44.6. The molecule has 0 radical (unpaired) electrons. The van der Waals surface area contributed by atoms with E-state index in [9.17, 15) is 2.74 Å². The first-order valence-corrected chi connectivity index (χ1v) is 25.1. The predicted octanol–water partition coefficient (Wildman–Crippen LogP) is 11.4. The molecule has 4 heteroatoms. The molecule has 11 rings (SSSR count). The molecular weight excluding hydrogens is 812 g/mol. The second-order valence-electron chi connectivity index (χ2n) is 19.8. The van der Waals surface area contributed by atoms with Crippen molar-refractivity contribution in [1.29, 1.82) is 0 Å². The van der Waals surface area contributed by atoms with E-state index in [1.165, 1.54) is 37.3 Å². The fourth-order valence-corrected chi connectivity index (χ4v) is 15.4. The van der Waals surface area contributed by atoms with Crippen LogP contribution in [0.3, 0.4) is 0 Å². The first kappa shape index (κ1) is 36.1. The Kier molecular flexibility index (Phi) is 8.80. The minimum Gasteiger partial charge on any atom is -0.311 e. The van der Waals surface area contributed by atoms with Gasteiger partial charge in [0.15, 0.2) is 8.07 Å². The van der Waals surface area contributed by atoms with Gasteiger partial charge in [-0.25, -0.2) is 0 Å². The van der Waals surface area contributed by atoms with Crippen LogP contribution >= 0.6 is 0 Å². The Labute approximate surface area is 400 Å². The molecule has 0 atom stereocenters. The largest absolute Gasteiger partial charge is 0.311 e. The molecule has 0 bridgehead atoms. The fraction of sp³-hybridized carbons (Fsp3) is 0.129. The first-order chi connectivity index (χ1) is 34.1. The third-order valence-electron chi connectivity index (χ3n) is 13.8. The van der Waals surface area contributed by atoms with Gasteiger partial charge >= 0.3 is 0 Å². The zero-order chi connectivity index (χ0) is 49.6. The van der Waals surface area contributed by atoms with E-state index < -0.39 is 14.1 Å². The zero-order valence-electron chi connectivity index (χ0n) is 43.4. The molecule has 0 N–H and O–H groups in total. The minimum atomic E-state index is -3.04. The Morgan fingerprint density at radius 2 is 0.894 bits per heavy atom. The van der Waals surface area contributed by atoms with Gasteiger partial charge in [-0.2, -0.15) is 0 Å². The lowest BCUT2D eigenvalue weighted by Crippen LogP contribution is -2.75. The molecule has 9 aromatic rings. The van der Waals surface area contributed by atoms with E-state index in [4.69, 9.17) is 4.11 Å². The highest BCUT2D eigenvalue weighted by molar-refractivity contribution is 7.20. The molecule has 0 aromatic heterocycles. The molecule has 0 saturated heterocycles. The average Bonchev–Trinajstić information content (AvgIpc) is 3.38. The van der Waals surface area contributed by atoms with E-state index >= 15 is 0 Å². The van der Waals surface area contributed by atoms with E-state index in [-0.39, 0.29) is 47.3 Å². The second kappa shape index (κ2) is 16.1. The highest BCUT2D eigenvalue weighted by Gasteiger charge is 2.47. The number of nitrogens with zero attached hydrogens (tertiary/aromatic N) is 2. The standard InChI is InChI=1S/C62H55BN2Si/c1-61(2,3)45-34-37-47(38-35-45)64-56-40-36-46(62(4,5)6)42-53(56)63-54-43-51(66(48-24-13-8-14-25-48,49-26-15-9-16-27-49)50-28-17-10-18-29-50)39-41-57(54)65(59-33-21-32-58(64)60(59)63)55-31-20-19-30-52(55)44-22-11-7-12-23-44/h7-43H,1-6H3/i7D,11D,12D,22D,23D. The van der Waals surface area contributed by atoms with E-state index in [0.717, 1.165) is 45.0 Å². The first-order valence-electron chi connectivity index (χ1n) is 25.6. The van der Waals surface area contributed by atoms with Crippen LogP contribution in [0.25, 0.3) is 11.1 Å². The third-order valence-corrected chi connectivity index (χ3v) is 18.6. The topological polar surface area (TPSA) is 6.48 Å². The Hall–Kier alpha value is -7.14. The molecule has 2 aliphatic heterocycles. The number of anilines is 6. The van der Waals surface area contributed by atoms with E-state index in [1.54, 1.807) is 0 Å². The van der Waals surface area contributed by atoms with Crippen LogP contribution in [-0.4, -0.2) is 14.8 Å². The van der Waals surface area contributed by atoms with Gasteiger partial charge in [-0.05, 0) is 107 Å². The van der Waals surface area contributed by atoms with Gasteiger partial charge in [0.25, 0.3) is 6.71 Å². The van der Waals surface area contributed by atoms with Crippen molar-refractivity contribution >= 4 is 86.0 Å². The number of hydrogen-bond donors (Lipinski definition) is 0. The van der Waals surface area contributed by atoms with Crippen LogP contribution in [0.4, 0.5) is 34.1 Å². The van der Waals surface area contributed by atoms with Gasteiger partial charge < -0.3 is 9.80 Å². The van der Waals surface area contributed by atoms with Gasteiger partial charge in [-0.1, -0.05) is 223 Å². The zero-order valence-corrected chi connectivity index (χ0v) is 39.4. The maximum Gasteiger partial charge on any atom is 0.252 e. The lowest BCUT2D eigenvalue weighted by Gasteiger charge is -2.45. The molecule has 0 saturated carbocycles. The van der Waals surface area contributed by atoms with Crippen molar-refractivity contribution in [2.45, 2.75) is 52.4 Å². The molecule has 0 fully saturated rings. The van der Waals surface area contributed by atoms with Gasteiger partial charge in [0.2, 0.25) is 0 Å². The molecule has 2 nitrogen and oxygen atoms in total. The van der Waals surface area contributed by atoms with Crippen LogP contribution in [0.15, 0.2) is 224 Å². The SMILES string of the molecule is [2H]c1c([2H])c([2H])c(-c2ccccc2N2c3ccc([Si](c4ccccc4)(c4ccccc4)c4ccccc4)cc3B3c4cc(C(C)(C)C)ccc4N(c4ccc(C(C)(C)C)cc4)c4cccc2c43)c([2H])c1[2H]. The molecule has 0 aliphatic carbocycles. The van der Waals surface area contributed by atoms with Crippen LogP contribution < -0.4 is 46.9 Å². The van der Waals surface area contributed by atoms with Crippen molar-refractivity contribution in [3.8, 4) is 11.1 Å². The summed E-state index contributed by atoms with van der Waals surface area (Å²) in [6.07, 6.45) is 0. The highest BCUT2D eigenvalue weighted by atomic mass is 28.3. The van der Waals surface area contributed by atoms with E-state index in [1.807, 2.05) is 24.3 Å². The molecule has 0 amide bonds. The van der Waals surface area contributed by atoms with Crippen LogP contribution in [0.1, 0.15) is 59.5 Å². The average molecular weight is 872 g/mol. The van der Waals surface area contributed by atoms with E-state index in [0.29, 0.717) is 5.56 Å². The van der Waals surface area contributed by atoms with Gasteiger partial charge in [0.1, 0.15) is 0 Å². The monoisotopic (exact) mass is 871 g/mol. The molecule has 320 valence electrons. The Balaban J connectivity index is 1.28. The highest BCUT2D eigenvalue weighted by Crippen LogP contribution is 2.46. The van der Waals surface area contributed by atoms with Gasteiger partial charge in [-0.3, -0.25) is 0 Å². The lowest BCUT2D eigenvalue weighted by atomic mass is 9.33. The second-order valence-corrected chi connectivity index (χ2v) is 23.6. The number of benzene rings is 9. The smallest absolute Gasteiger partial charge is 0.252 e. The predicted molar refractivity (Wildman–Crippen MR) is 287 cm³/mol. The van der Waals surface area contributed by atoms with Crippen LogP contribution in [0.5, 0.6) is 0 Å². The minimum absolute atomic E-state index is 0.0235. The Morgan fingerprint density at radius 1 is 0.409 bits per heavy atom. The Bertz CT molecular complexity index is 3390. The fourth-order valence-electron chi connectivity index (χ4n) is 10.6. The quantitative estimate of drug-likeness (QED) is 0.116. The van der Waals surface area contributed by atoms with Crippen LogP contribution in [0, 0.1) is 0 Å². The molecule has 0 spiro atoms. The van der Waals surface area contributed by atoms with Crippen molar-refractivity contribution in [2.24, 2.45) is 0 Å². The van der Waals surface area contributed by atoms with Gasteiger partial charge in [0.05, 0.1) is 12.5 Å².